The van der Waals surface area contributed by atoms with Crippen molar-refractivity contribution in [2.45, 2.75) is 33.7 Å². The van der Waals surface area contributed by atoms with Gasteiger partial charge in [-0.3, -0.25) is 4.79 Å². The summed E-state index contributed by atoms with van der Waals surface area (Å²) in [7, 11) is 1.66. The van der Waals surface area contributed by atoms with Gasteiger partial charge in [0, 0.05) is 6.54 Å². The maximum absolute atomic E-state index is 12.5. The Bertz CT molecular complexity index is 1020. The van der Waals surface area contributed by atoms with Crippen LogP contribution in [0.2, 0.25) is 0 Å². The normalized spacial score (nSPS) is 11.8. The molecule has 1 heterocycles. The molecule has 0 aliphatic heterocycles. The predicted octanol–water partition coefficient (Wildman–Crippen LogP) is 4.11. The number of aromatic nitrogens is 1. The highest BCUT2D eigenvalue weighted by atomic mass is 32.1. The fourth-order valence-corrected chi connectivity index (χ4v) is 4.21. The summed E-state index contributed by atoms with van der Waals surface area (Å²) in [5.74, 6) is 1.44. The van der Waals surface area contributed by atoms with Gasteiger partial charge in [0.15, 0.2) is 4.80 Å². The van der Waals surface area contributed by atoms with Crippen molar-refractivity contribution in [2.24, 2.45) is 4.99 Å². The summed E-state index contributed by atoms with van der Waals surface area (Å²) in [6.07, 6.45) is 0.264. The molecule has 0 unspecified atom stereocenters. The van der Waals surface area contributed by atoms with Crippen LogP contribution in [0.5, 0.6) is 11.5 Å². The molecule has 1 amide bonds. The van der Waals surface area contributed by atoms with Gasteiger partial charge in [-0.05, 0) is 50.1 Å². The van der Waals surface area contributed by atoms with E-state index in [1.807, 2.05) is 54.8 Å². The molecule has 0 radical (unpaired) electrons. The van der Waals surface area contributed by atoms with E-state index in [9.17, 15) is 4.79 Å². The minimum atomic E-state index is -0.162. The molecule has 0 bridgehead atoms. The minimum absolute atomic E-state index is 0.162. The quantitative estimate of drug-likeness (QED) is 0.643. The van der Waals surface area contributed by atoms with Crippen LogP contribution in [0.1, 0.15) is 25.0 Å². The fraction of sp³-hybridized carbons (Fsp3) is 0.333. The number of fused-ring (bicyclic) bond motifs is 1. The highest BCUT2D eigenvalue weighted by Crippen LogP contribution is 2.30. The summed E-state index contributed by atoms with van der Waals surface area (Å²) in [5, 5.41) is 0. The third-order valence-electron chi connectivity index (χ3n) is 4.33. The molecule has 142 valence electrons. The third-order valence-corrected chi connectivity index (χ3v) is 5.55. The Morgan fingerprint density at radius 2 is 1.89 bits per heavy atom. The van der Waals surface area contributed by atoms with Crippen molar-refractivity contribution in [3.63, 3.8) is 0 Å². The summed E-state index contributed by atoms with van der Waals surface area (Å²) >= 11 is 1.53. The number of benzene rings is 2. The molecule has 3 rings (SSSR count). The average Bonchev–Trinajstić information content (AvgIpc) is 3.03. The molecule has 0 aliphatic carbocycles. The lowest BCUT2D eigenvalue weighted by molar-refractivity contribution is -0.117. The van der Waals surface area contributed by atoms with Crippen molar-refractivity contribution < 1.29 is 14.3 Å². The summed E-state index contributed by atoms with van der Waals surface area (Å²) in [6, 6.07) is 11.6. The van der Waals surface area contributed by atoms with E-state index in [-0.39, 0.29) is 12.3 Å². The van der Waals surface area contributed by atoms with Crippen molar-refractivity contribution in [1.29, 1.82) is 0 Å². The van der Waals surface area contributed by atoms with Crippen LogP contribution >= 0.6 is 11.3 Å². The van der Waals surface area contributed by atoms with E-state index >= 15 is 0 Å². The van der Waals surface area contributed by atoms with Gasteiger partial charge in [0.1, 0.15) is 17.0 Å². The van der Waals surface area contributed by atoms with Crippen molar-refractivity contribution in [3.8, 4) is 11.5 Å². The first-order valence-electron chi connectivity index (χ1n) is 9.03. The van der Waals surface area contributed by atoms with Gasteiger partial charge in [-0.1, -0.05) is 29.5 Å². The Labute approximate surface area is 162 Å². The van der Waals surface area contributed by atoms with Crippen LogP contribution < -0.4 is 14.3 Å². The fourth-order valence-electron chi connectivity index (χ4n) is 3.01. The predicted molar refractivity (Wildman–Crippen MR) is 109 cm³/mol. The van der Waals surface area contributed by atoms with Gasteiger partial charge in [0.25, 0.3) is 5.91 Å². The van der Waals surface area contributed by atoms with Crippen molar-refractivity contribution in [1.82, 2.24) is 4.57 Å². The molecule has 27 heavy (non-hydrogen) atoms. The van der Waals surface area contributed by atoms with Crippen LogP contribution in [-0.2, 0) is 17.8 Å². The number of rotatable bonds is 6. The lowest BCUT2D eigenvalue weighted by atomic mass is 10.1. The molecule has 1 aromatic heterocycles. The highest BCUT2D eigenvalue weighted by Gasteiger charge is 2.13. The van der Waals surface area contributed by atoms with Crippen molar-refractivity contribution in [3.05, 3.63) is 52.3 Å². The maximum atomic E-state index is 12.5. The molecule has 6 heteroatoms. The molecule has 0 fully saturated rings. The molecule has 2 aromatic carbocycles. The first kappa shape index (κ1) is 19.2. The highest BCUT2D eigenvalue weighted by molar-refractivity contribution is 7.16. The Balaban J connectivity index is 1.95. The summed E-state index contributed by atoms with van der Waals surface area (Å²) < 4.78 is 14.1. The smallest absolute Gasteiger partial charge is 0.252 e. The van der Waals surface area contributed by atoms with Gasteiger partial charge < -0.3 is 14.0 Å². The zero-order valence-electron chi connectivity index (χ0n) is 16.1. The van der Waals surface area contributed by atoms with E-state index in [1.165, 1.54) is 11.3 Å². The van der Waals surface area contributed by atoms with Crippen LogP contribution in [0, 0.1) is 6.92 Å². The van der Waals surface area contributed by atoms with E-state index in [4.69, 9.17) is 9.47 Å². The third kappa shape index (κ3) is 4.06. The molecule has 0 saturated heterocycles. The first-order valence-corrected chi connectivity index (χ1v) is 9.85. The summed E-state index contributed by atoms with van der Waals surface area (Å²) in [4.78, 5) is 17.6. The Morgan fingerprint density at radius 1 is 1.15 bits per heavy atom. The first-order chi connectivity index (χ1) is 13.1. The molecule has 3 aromatic rings. The average molecular weight is 385 g/mol. The Kier molecular flexibility index (Phi) is 5.96. The number of thiazole rings is 1. The van der Waals surface area contributed by atoms with Crippen molar-refractivity contribution in [2.75, 3.05) is 13.7 Å². The van der Waals surface area contributed by atoms with Crippen molar-refractivity contribution >= 4 is 27.5 Å². The summed E-state index contributed by atoms with van der Waals surface area (Å²) in [5.41, 5.74) is 3.07. The monoisotopic (exact) mass is 384 g/mol. The van der Waals surface area contributed by atoms with Crippen LogP contribution in [0.4, 0.5) is 0 Å². The van der Waals surface area contributed by atoms with Crippen LogP contribution in [0.15, 0.2) is 41.4 Å². The van der Waals surface area contributed by atoms with Crippen LogP contribution in [0.3, 0.4) is 0 Å². The number of hydrogen-bond acceptors (Lipinski definition) is 4. The van der Waals surface area contributed by atoms with E-state index in [2.05, 4.69) is 11.9 Å². The van der Waals surface area contributed by atoms with Gasteiger partial charge >= 0.3 is 0 Å². The van der Waals surface area contributed by atoms with E-state index in [0.717, 1.165) is 39.4 Å². The molecule has 0 saturated carbocycles. The summed E-state index contributed by atoms with van der Waals surface area (Å²) in [6.45, 7) is 7.39. The number of aryl methyl sites for hydroxylation is 2. The van der Waals surface area contributed by atoms with Crippen LogP contribution in [0.25, 0.3) is 10.2 Å². The van der Waals surface area contributed by atoms with E-state index in [1.54, 1.807) is 7.11 Å². The Morgan fingerprint density at radius 3 is 2.52 bits per heavy atom. The molecule has 0 N–H and O–H groups in total. The standard InChI is InChI=1S/C21H24N2O3S/c1-5-23-19-17(25-4)12-7-14(3)20(19)27-21(23)22-18(24)13-15-8-10-16(11-9-15)26-6-2/h7-12H,5-6,13H2,1-4H3. The number of methoxy groups -OCH3 is 1. The molecule has 5 nitrogen and oxygen atoms in total. The zero-order chi connectivity index (χ0) is 19.4. The second-order valence-electron chi connectivity index (χ2n) is 6.15. The molecule has 0 spiro atoms. The second kappa shape index (κ2) is 8.39. The largest absolute Gasteiger partial charge is 0.495 e. The van der Waals surface area contributed by atoms with E-state index < -0.39 is 0 Å². The topological polar surface area (TPSA) is 52.8 Å². The molecule has 0 aliphatic rings. The van der Waals surface area contributed by atoms with Gasteiger partial charge in [0.2, 0.25) is 0 Å². The van der Waals surface area contributed by atoms with Gasteiger partial charge in [0.05, 0.1) is 24.8 Å². The Hall–Kier alpha value is -2.60. The zero-order valence-corrected chi connectivity index (χ0v) is 16.9. The minimum Gasteiger partial charge on any atom is -0.495 e. The second-order valence-corrected chi connectivity index (χ2v) is 7.13. The number of nitrogens with zero attached hydrogens (tertiary/aromatic N) is 2. The molecule has 0 atom stereocenters. The lowest BCUT2D eigenvalue weighted by Crippen LogP contribution is -2.16. The lowest BCUT2D eigenvalue weighted by Gasteiger charge is -2.07. The van der Waals surface area contributed by atoms with Crippen LogP contribution in [-0.4, -0.2) is 24.2 Å². The number of carbonyl (C=O) groups is 1. The van der Waals surface area contributed by atoms with E-state index in [0.29, 0.717) is 11.4 Å². The van der Waals surface area contributed by atoms with Gasteiger partial charge in [-0.15, -0.1) is 0 Å². The number of hydrogen-bond donors (Lipinski definition) is 0. The van der Waals surface area contributed by atoms with Gasteiger partial charge in [-0.25, -0.2) is 0 Å². The molecular weight excluding hydrogens is 360 g/mol. The van der Waals surface area contributed by atoms with Gasteiger partial charge in [-0.2, -0.15) is 4.99 Å². The number of carbonyl (C=O) groups excluding carboxylic acids is 1. The SMILES string of the molecule is CCOc1ccc(CC(=O)N=c2sc3c(C)ccc(OC)c3n2CC)cc1. The number of ether oxygens (including phenoxy) is 2. The number of amides is 1. The molecular formula is C21H24N2O3S. The maximum Gasteiger partial charge on any atom is 0.252 e.